The second-order valence-electron chi connectivity index (χ2n) is 6.92. The second-order valence-corrected chi connectivity index (χ2v) is 6.92. The van der Waals surface area contributed by atoms with Gasteiger partial charge in [0.05, 0.1) is 21.3 Å². The van der Waals surface area contributed by atoms with E-state index in [0.29, 0.717) is 43.0 Å². The first-order valence-electron chi connectivity index (χ1n) is 9.47. The lowest BCUT2D eigenvalue weighted by atomic mass is 10.0. The number of anilines is 1. The fourth-order valence-electron chi connectivity index (χ4n) is 3.24. The maximum Gasteiger partial charge on any atom is 0.240 e. The van der Waals surface area contributed by atoms with Crippen LogP contribution in [0.25, 0.3) is 0 Å². The molecule has 1 aliphatic carbocycles. The Morgan fingerprint density at radius 1 is 0.897 bits per heavy atom. The molecule has 7 nitrogen and oxygen atoms in total. The van der Waals surface area contributed by atoms with Crippen molar-refractivity contribution in [3.63, 3.8) is 0 Å². The van der Waals surface area contributed by atoms with Crippen LogP contribution in [0, 0.1) is 5.41 Å². The molecule has 0 unspecified atom stereocenters. The molecule has 29 heavy (non-hydrogen) atoms. The van der Waals surface area contributed by atoms with E-state index in [9.17, 15) is 9.59 Å². The SMILES string of the molecule is COc1ccccc1CCNC(=O)C1(C(=O)Nc2ccc(OC)c(OC)c2)CC1. The zero-order valence-electron chi connectivity index (χ0n) is 16.9. The molecule has 1 fully saturated rings. The quantitative estimate of drug-likeness (QED) is 0.635. The van der Waals surface area contributed by atoms with Crippen molar-refractivity contribution in [2.75, 3.05) is 33.2 Å². The van der Waals surface area contributed by atoms with Crippen molar-refractivity contribution in [2.24, 2.45) is 5.41 Å². The molecule has 7 heteroatoms. The molecule has 2 aromatic carbocycles. The van der Waals surface area contributed by atoms with E-state index in [-0.39, 0.29) is 11.8 Å². The summed E-state index contributed by atoms with van der Waals surface area (Å²) in [6.45, 7) is 0.435. The zero-order valence-corrected chi connectivity index (χ0v) is 16.9. The molecule has 0 aromatic heterocycles. The van der Waals surface area contributed by atoms with Gasteiger partial charge in [-0.25, -0.2) is 0 Å². The van der Waals surface area contributed by atoms with Crippen LogP contribution in [0.5, 0.6) is 17.2 Å². The Labute approximate surface area is 170 Å². The van der Waals surface area contributed by atoms with E-state index in [1.165, 1.54) is 7.11 Å². The average Bonchev–Trinajstić information content (AvgIpc) is 3.56. The summed E-state index contributed by atoms with van der Waals surface area (Å²) in [4.78, 5) is 25.4. The van der Waals surface area contributed by atoms with Gasteiger partial charge in [-0.2, -0.15) is 0 Å². The number of carbonyl (C=O) groups excluding carboxylic acids is 2. The van der Waals surface area contributed by atoms with Crippen LogP contribution in [0.2, 0.25) is 0 Å². The Balaban J connectivity index is 1.59. The maximum absolute atomic E-state index is 12.8. The van der Waals surface area contributed by atoms with Crippen LogP contribution in [0.4, 0.5) is 5.69 Å². The number of rotatable bonds is 9. The van der Waals surface area contributed by atoms with E-state index >= 15 is 0 Å². The molecule has 0 heterocycles. The van der Waals surface area contributed by atoms with E-state index in [4.69, 9.17) is 14.2 Å². The second kappa shape index (κ2) is 8.86. The Bertz CT molecular complexity index is 893. The highest BCUT2D eigenvalue weighted by Gasteiger charge is 2.56. The van der Waals surface area contributed by atoms with Crippen molar-refractivity contribution in [1.29, 1.82) is 0 Å². The van der Waals surface area contributed by atoms with Gasteiger partial charge in [-0.05, 0) is 43.0 Å². The fraction of sp³-hybridized carbons (Fsp3) is 0.364. The van der Waals surface area contributed by atoms with Crippen LogP contribution >= 0.6 is 0 Å². The van der Waals surface area contributed by atoms with Crippen LogP contribution in [0.3, 0.4) is 0 Å². The number of amides is 2. The molecule has 1 aliphatic rings. The minimum atomic E-state index is -1.01. The van der Waals surface area contributed by atoms with Crippen LogP contribution in [0.15, 0.2) is 42.5 Å². The topological polar surface area (TPSA) is 85.9 Å². The molecule has 0 aliphatic heterocycles. The standard InChI is InChI=1S/C22H26N2O5/c1-27-17-7-5-4-6-15(17)10-13-23-20(25)22(11-12-22)21(26)24-16-8-9-18(28-2)19(14-16)29-3/h4-9,14H,10-13H2,1-3H3,(H,23,25)(H,24,26). The molecule has 0 atom stereocenters. The zero-order chi connectivity index (χ0) is 20.9. The lowest BCUT2D eigenvalue weighted by Gasteiger charge is -2.17. The predicted octanol–water partition coefficient (Wildman–Crippen LogP) is 2.79. The summed E-state index contributed by atoms with van der Waals surface area (Å²) in [6, 6.07) is 12.8. The molecule has 154 valence electrons. The third-order valence-electron chi connectivity index (χ3n) is 5.13. The molecule has 2 aromatic rings. The Morgan fingerprint density at radius 3 is 2.24 bits per heavy atom. The van der Waals surface area contributed by atoms with Gasteiger partial charge in [-0.3, -0.25) is 9.59 Å². The normalized spacial score (nSPS) is 13.9. The molecule has 0 spiro atoms. The van der Waals surface area contributed by atoms with Gasteiger partial charge in [0.2, 0.25) is 11.8 Å². The highest BCUT2D eigenvalue weighted by Crippen LogP contribution is 2.47. The summed E-state index contributed by atoms with van der Waals surface area (Å²) in [5.74, 6) is 1.32. The molecule has 1 saturated carbocycles. The van der Waals surface area contributed by atoms with Gasteiger partial charge in [-0.1, -0.05) is 18.2 Å². The van der Waals surface area contributed by atoms with Crippen molar-refractivity contribution >= 4 is 17.5 Å². The van der Waals surface area contributed by atoms with Crippen LogP contribution < -0.4 is 24.8 Å². The molecule has 2 N–H and O–H groups in total. The molecular weight excluding hydrogens is 372 g/mol. The fourth-order valence-corrected chi connectivity index (χ4v) is 3.24. The summed E-state index contributed by atoms with van der Waals surface area (Å²) in [5.41, 5.74) is 0.559. The smallest absolute Gasteiger partial charge is 0.240 e. The van der Waals surface area contributed by atoms with Gasteiger partial charge >= 0.3 is 0 Å². The highest BCUT2D eigenvalue weighted by molar-refractivity contribution is 6.13. The van der Waals surface area contributed by atoms with E-state index < -0.39 is 5.41 Å². The summed E-state index contributed by atoms with van der Waals surface area (Å²) in [6.07, 6.45) is 1.70. The van der Waals surface area contributed by atoms with E-state index in [2.05, 4.69) is 10.6 Å². The molecule has 0 saturated heterocycles. The number of benzene rings is 2. The number of carbonyl (C=O) groups is 2. The number of ether oxygens (including phenoxy) is 3. The number of hydrogen-bond acceptors (Lipinski definition) is 5. The largest absolute Gasteiger partial charge is 0.496 e. The Kier molecular flexibility index (Phi) is 6.26. The molecule has 3 rings (SSSR count). The number of nitrogens with one attached hydrogen (secondary N) is 2. The van der Waals surface area contributed by atoms with E-state index in [0.717, 1.165) is 11.3 Å². The first kappa shape index (κ1) is 20.5. The van der Waals surface area contributed by atoms with Crippen molar-refractivity contribution in [3.05, 3.63) is 48.0 Å². The number of methoxy groups -OCH3 is 3. The van der Waals surface area contributed by atoms with Crippen molar-refractivity contribution < 1.29 is 23.8 Å². The number of para-hydroxylation sites is 1. The van der Waals surface area contributed by atoms with Gasteiger partial charge in [0.15, 0.2) is 11.5 Å². The first-order valence-corrected chi connectivity index (χ1v) is 9.47. The Morgan fingerprint density at radius 2 is 1.59 bits per heavy atom. The van der Waals surface area contributed by atoms with Gasteiger partial charge in [-0.15, -0.1) is 0 Å². The average molecular weight is 398 g/mol. The molecular formula is C22H26N2O5. The van der Waals surface area contributed by atoms with Gasteiger partial charge in [0.25, 0.3) is 0 Å². The van der Waals surface area contributed by atoms with Crippen LogP contribution in [0.1, 0.15) is 18.4 Å². The lowest BCUT2D eigenvalue weighted by molar-refractivity contribution is -0.134. The van der Waals surface area contributed by atoms with Crippen LogP contribution in [-0.4, -0.2) is 39.7 Å². The lowest BCUT2D eigenvalue weighted by Crippen LogP contribution is -2.40. The van der Waals surface area contributed by atoms with Gasteiger partial charge in [0.1, 0.15) is 11.2 Å². The molecule has 0 bridgehead atoms. The summed E-state index contributed by atoms with van der Waals surface area (Å²) in [5, 5.41) is 5.72. The van der Waals surface area contributed by atoms with Gasteiger partial charge < -0.3 is 24.8 Å². The molecule has 2 amide bonds. The first-order chi connectivity index (χ1) is 14.0. The monoisotopic (exact) mass is 398 g/mol. The molecule has 0 radical (unpaired) electrons. The van der Waals surface area contributed by atoms with Crippen molar-refractivity contribution in [2.45, 2.75) is 19.3 Å². The van der Waals surface area contributed by atoms with E-state index in [1.54, 1.807) is 32.4 Å². The van der Waals surface area contributed by atoms with Crippen molar-refractivity contribution in [1.82, 2.24) is 5.32 Å². The third-order valence-corrected chi connectivity index (χ3v) is 5.13. The minimum absolute atomic E-state index is 0.245. The summed E-state index contributed by atoms with van der Waals surface area (Å²) < 4.78 is 15.8. The maximum atomic E-state index is 12.8. The number of hydrogen-bond donors (Lipinski definition) is 2. The van der Waals surface area contributed by atoms with Gasteiger partial charge in [0, 0.05) is 18.3 Å². The minimum Gasteiger partial charge on any atom is -0.496 e. The van der Waals surface area contributed by atoms with Crippen molar-refractivity contribution in [3.8, 4) is 17.2 Å². The summed E-state index contributed by atoms with van der Waals surface area (Å²) >= 11 is 0. The summed E-state index contributed by atoms with van der Waals surface area (Å²) in [7, 11) is 4.70. The van der Waals surface area contributed by atoms with E-state index in [1.807, 2.05) is 24.3 Å². The third kappa shape index (κ3) is 4.45. The predicted molar refractivity (Wildman–Crippen MR) is 110 cm³/mol. The Hall–Kier alpha value is -3.22. The highest BCUT2D eigenvalue weighted by atomic mass is 16.5. The van der Waals surface area contributed by atoms with Crippen LogP contribution in [-0.2, 0) is 16.0 Å².